The number of amides is 3. The number of benzene rings is 2. The average molecular weight is 408 g/mol. The molecule has 0 saturated carbocycles. The number of hydrogen-bond acceptors (Lipinski definition) is 3. The minimum Gasteiger partial charge on any atom is -0.394 e. The summed E-state index contributed by atoms with van der Waals surface area (Å²) in [6.45, 7) is 4.71. The lowest BCUT2D eigenvalue weighted by Gasteiger charge is -2.70. The molecule has 0 aliphatic carbocycles. The number of carbonyl (C=O) groups is 2. The maximum Gasteiger partial charge on any atom is 0.318 e. The van der Waals surface area contributed by atoms with Crippen LogP contribution in [0.4, 0.5) is 4.79 Å². The molecule has 2 fully saturated rings. The molecule has 158 valence electrons. The molecule has 0 unspecified atom stereocenters. The Balaban J connectivity index is 1.56. The molecule has 6 heteroatoms. The normalized spacial score (nSPS) is 21.9. The number of urea groups is 1. The number of nitrogens with one attached hydrogen (secondary N) is 1. The zero-order valence-electron chi connectivity index (χ0n) is 17.5. The molecule has 2 aliphatic heterocycles. The van der Waals surface area contributed by atoms with Crippen molar-refractivity contribution in [2.45, 2.75) is 43.8 Å². The molecule has 0 bridgehead atoms. The molecule has 4 rings (SSSR count). The third-order valence-electron chi connectivity index (χ3n) is 6.23. The minimum absolute atomic E-state index is 0.000519. The van der Waals surface area contributed by atoms with Gasteiger partial charge in [0.25, 0.3) is 0 Å². The lowest BCUT2D eigenvalue weighted by atomic mass is 9.61. The molecule has 2 aliphatic rings. The second kappa shape index (κ2) is 8.11. The van der Waals surface area contributed by atoms with Crippen LogP contribution in [0.2, 0.25) is 0 Å². The molecule has 30 heavy (non-hydrogen) atoms. The quantitative estimate of drug-likeness (QED) is 0.799. The van der Waals surface area contributed by atoms with Gasteiger partial charge in [0.15, 0.2) is 0 Å². The molecule has 3 amide bonds. The monoisotopic (exact) mass is 407 g/mol. The van der Waals surface area contributed by atoms with Gasteiger partial charge in [-0.1, -0.05) is 60.7 Å². The number of carbonyl (C=O) groups excluding carboxylic acids is 2. The smallest absolute Gasteiger partial charge is 0.318 e. The zero-order valence-corrected chi connectivity index (χ0v) is 17.5. The first kappa shape index (κ1) is 20.4. The van der Waals surface area contributed by atoms with E-state index in [1.807, 2.05) is 79.4 Å². The van der Waals surface area contributed by atoms with E-state index in [9.17, 15) is 14.7 Å². The van der Waals surface area contributed by atoms with Crippen molar-refractivity contribution in [1.82, 2.24) is 15.1 Å². The van der Waals surface area contributed by atoms with Crippen molar-refractivity contribution in [3.8, 4) is 0 Å². The molecule has 2 heterocycles. The predicted molar refractivity (Wildman–Crippen MR) is 115 cm³/mol. The van der Waals surface area contributed by atoms with Gasteiger partial charge in [-0.05, 0) is 25.0 Å². The van der Waals surface area contributed by atoms with E-state index < -0.39 is 5.54 Å². The van der Waals surface area contributed by atoms with Crippen molar-refractivity contribution in [2.24, 2.45) is 0 Å². The van der Waals surface area contributed by atoms with Gasteiger partial charge in [-0.25, -0.2) is 4.79 Å². The summed E-state index contributed by atoms with van der Waals surface area (Å²) in [5, 5.41) is 13.1. The molecule has 2 atom stereocenters. The molecule has 0 aromatic heterocycles. The van der Waals surface area contributed by atoms with Gasteiger partial charge >= 0.3 is 6.03 Å². The van der Waals surface area contributed by atoms with E-state index in [1.54, 1.807) is 4.90 Å². The number of likely N-dealkylation sites (tertiary alicyclic amines) is 2. The van der Waals surface area contributed by atoms with Gasteiger partial charge in [-0.15, -0.1) is 0 Å². The van der Waals surface area contributed by atoms with Gasteiger partial charge in [0.1, 0.15) is 0 Å². The predicted octanol–water partition coefficient (Wildman–Crippen LogP) is 2.39. The van der Waals surface area contributed by atoms with Crippen LogP contribution in [0.1, 0.15) is 30.9 Å². The van der Waals surface area contributed by atoms with Crippen LogP contribution in [0.25, 0.3) is 0 Å². The minimum atomic E-state index is -0.472. The SMILES string of the molecule is CC(C)NC(=O)N1[C@H](CO)[C@@H](c2ccccc2)C12CN(C(=O)Cc1ccccc1)C2. The van der Waals surface area contributed by atoms with Gasteiger partial charge in [-0.3, -0.25) is 4.79 Å². The molecule has 2 N–H and O–H groups in total. The summed E-state index contributed by atoms with van der Waals surface area (Å²) in [6.07, 6.45) is 0.356. The van der Waals surface area contributed by atoms with Gasteiger partial charge in [0.2, 0.25) is 5.91 Å². The van der Waals surface area contributed by atoms with Gasteiger partial charge in [0.05, 0.1) is 24.6 Å². The Morgan fingerprint density at radius 3 is 2.23 bits per heavy atom. The topological polar surface area (TPSA) is 72.9 Å². The van der Waals surface area contributed by atoms with Crippen LogP contribution in [0, 0.1) is 0 Å². The largest absolute Gasteiger partial charge is 0.394 e. The lowest BCUT2D eigenvalue weighted by molar-refractivity contribution is -0.176. The summed E-state index contributed by atoms with van der Waals surface area (Å²) in [4.78, 5) is 29.4. The molecule has 2 aromatic rings. The van der Waals surface area contributed by atoms with Crippen molar-refractivity contribution in [3.63, 3.8) is 0 Å². The van der Waals surface area contributed by atoms with Crippen LogP contribution in [-0.4, -0.2) is 64.2 Å². The van der Waals surface area contributed by atoms with E-state index in [1.165, 1.54) is 0 Å². The van der Waals surface area contributed by atoms with Gasteiger partial charge in [0, 0.05) is 25.0 Å². The van der Waals surface area contributed by atoms with Crippen molar-refractivity contribution >= 4 is 11.9 Å². The number of aliphatic hydroxyl groups is 1. The fourth-order valence-corrected chi connectivity index (χ4v) is 4.98. The average Bonchev–Trinajstić information content (AvgIpc) is 2.67. The first-order valence-corrected chi connectivity index (χ1v) is 10.5. The number of hydrogen-bond donors (Lipinski definition) is 2. The highest BCUT2D eigenvalue weighted by molar-refractivity contribution is 5.83. The maximum absolute atomic E-state index is 13.0. The molecule has 2 aromatic carbocycles. The maximum atomic E-state index is 13.0. The Morgan fingerprint density at radius 1 is 1.07 bits per heavy atom. The fraction of sp³-hybridized carbons (Fsp3) is 0.417. The van der Waals surface area contributed by atoms with E-state index in [0.29, 0.717) is 19.5 Å². The fourth-order valence-electron chi connectivity index (χ4n) is 4.98. The summed E-state index contributed by atoms with van der Waals surface area (Å²) >= 11 is 0. The van der Waals surface area contributed by atoms with Crippen LogP contribution >= 0.6 is 0 Å². The molecule has 1 spiro atoms. The van der Waals surface area contributed by atoms with E-state index in [0.717, 1.165) is 11.1 Å². The Labute approximate surface area is 177 Å². The summed E-state index contributed by atoms with van der Waals surface area (Å²) in [5.74, 6) is 0.0673. The molecular formula is C24H29N3O3. The molecule has 2 saturated heterocycles. The highest BCUT2D eigenvalue weighted by Gasteiger charge is 2.68. The number of rotatable bonds is 5. The van der Waals surface area contributed by atoms with Crippen LogP contribution in [0.5, 0.6) is 0 Å². The third kappa shape index (κ3) is 3.45. The second-order valence-electron chi connectivity index (χ2n) is 8.63. The Morgan fingerprint density at radius 2 is 1.67 bits per heavy atom. The summed E-state index contributed by atoms with van der Waals surface area (Å²) in [5.41, 5.74) is 1.61. The first-order valence-electron chi connectivity index (χ1n) is 10.5. The van der Waals surface area contributed by atoms with Crippen LogP contribution in [-0.2, 0) is 11.2 Å². The number of nitrogens with zero attached hydrogens (tertiary/aromatic N) is 2. The standard InChI is InChI=1S/C24H29N3O3/c1-17(2)25-23(30)27-20(14-28)22(19-11-7-4-8-12-19)24(27)15-26(16-24)21(29)13-18-9-5-3-6-10-18/h3-12,17,20,22,28H,13-16H2,1-2H3,(H,25,30)/t20-,22-/m1/s1. The summed E-state index contributed by atoms with van der Waals surface area (Å²) < 4.78 is 0. The first-order chi connectivity index (χ1) is 14.5. The van der Waals surface area contributed by atoms with E-state index in [-0.39, 0.29) is 36.5 Å². The van der Waals surface area contributed by atoms with E-state index in [4.69, 9.17) is 0 Å². The van der Waals surface area contributed by atoms with Crippen LogP contribution in [0.3, 0.4) is 0 Å². The molecular weight excluding hydrogens is 378 g/mol. The van der Waals surface area contributed by atoms with E-state index >= 15 is 0 Å². The molecule has 0 radical (unpaired) electrons. The van der Waals surface area contributed by atoms with Crippen molar-refractivity contribution in [1.29, 1.82) is 0 Å². The van der Waals surface area contributed by atoms with Crippen LogP contribution < -0.4 is 5.32 Å². The van der Waals surface area contributed by atoms with Crippen molar-refractivity contribution in [3.05, 3.63) is 71.8 Å². The molecule has 6 nitrogen and oxygen atoms in total. The highest BCUT2D eigenvalue weighted by Crippen LogP contribution is 2.53. The lowest BCUT2D eigenvalue weighted by Crippen LogP contribution is -2.86. The number of aliphatic hydroxyl groups excluding tert-OH is 1. The van der Waals surface area contributed by atoms with E-state index in [2.05, 4.69) is 5.32 Å². The van der Waals surface area contributed by atoms with Crippen molar-refractivity contribution in [2.75, 3.05) is 19.7 Å². The summed E-state index contributed by atoms with van der Waals surface area (Å²) in [7, 11) is 0. The second-order valence-corrected chi connectivity index (χ2v) is 8.63. The zero-order chi connectivity index (χ0) is 21.3. The van der Waals surface area contributed by atoms with Crippen molar-refractivity contribution < 1.29 is 14.7 Å². The third-order valence-corrected chi connectivity index (χ3v) is 6.23. The Bertz CT molecular complexity index is 894. The Hall–Kier alpha value is -2.86. The van der Waals surface area contributed by atoms with Gasteiger partial charge < -0.3 is 20.2 Å². The Kier molecular flexibility index (Phi) is 5.52. The summed E-state index contributed by atoms with van der Waals surface area (Å²) in [6, 6.07) is 19.2. The highest BCUT2D eigenvalue weighted by atomic mass is 16.3. The van der Waals surface area contributed by atoms with Crippen LogP contribution in [0.15, 0.2) is 60.7 Å². The van der Waals surface area contributed by atoms with Gasteiger partial charge in [-0.2, -0.15) is 0 Å².